The van der Waals surface area contributed by atoms with Crippen LogP contribution in [-0.2, 0) is 14.3 Å². The van der Waals surface area contributed by atoms with E-state index in [1.165, 1.54) is 29.2 Å². The minimum Gasteiger partial charge on any atom is -0.462 e. The van der Waals surface area contributed by atoms with E-state index < -0.39 is 17.8 Å². The monoisotopic (exact) mass is 569 g/mol. The first-order valence-electron chi connectivity index (χ1n) is 13.7. The van der Waals surface area contributed by atoms with E-state index in [9.17, 15) is 18.8 Å². The maximum atomic E-state index is 13.7. The quantitative estimate of drug-likeness (QED) is 0.326. The molecule has 2 aromatic carbocycles. The molecule has 9 nitrogen and oxygen atoms in total. The van der Waals surface area contributed by atoms with Crippen LogP contribution in [-0.4, -0.2) is 96.1 Å². The number of thiocarbonyl (C=S) groups is 1. The third-order valence-electron chi connectivity index (χ3n) is 7.25. The van der Waals surface area contributed by atoms with Crippen LogP contribution < -0.4 is 10.2 Å². The lowest BCUT2D eigenvalue weighted by Crippen LogP contribution is -2.47. The number of nitrogens with one attached hydrogen (secondary N) is 1. The zero-order valence-electron chi connectivity index (χ0n) is 23.0. The van der Waals surface area contributed by atoms with Gasteiger partial charge in [-0.1, -0.05) is 6.92 Å². The van der Waals surface area contributed by atoms with Crippen LogP contribution in [0, 0.1) is 5.82 Å². The number of carbonyl (C=O) groups is 3. The number of likely N-dealkylation sites (N-methyl/N-ethyl adjacent to an activating group) is 1. The van der Waals surface area contributed by atoms with Crippen molar-refractivity contribution >= 4 is 46.5 Å². The van der Waals surface area contributed by atoms with Gasteiger partial charge in [-0.15, -0.1) is 0 Å². The molecule has 2 heterocycles. The Morgan fingerprint density at radius 3 is 2.25 bits per heavy atom. The van der Waals surface area contributed by atoms with E-state index in [1.54, 1.807) is 31.2 Å². The maximum absolute atomic E-state index is 13.7. The summed E-state index contributed by atoms with van der Waals surface area (Å²) in [5.74, 6) is -1.52. The van der Waals surface area contributed by atoms with Gasteiger partial charge in [0.15, 0.2) is 5.11 Å². The largest absolute Gasteiger partial charge is 0.462 e. The topological polar surface area (TPSA) is 85.4 Å². The molecule has 11 heteroatoms. The van der Waals surface area contributed by atoms with E-state index in [1.807, 2.05) is 4.90 Å². The van der Waals surface area contributed by atoms with E-state index in [0.717, 1.165) is 45.7 Å². The van der Waals surface area contributed by atoms with E-state index >= 15 is 0 Å². The number of benzene rings is 2. The molecule has 2 fully saturated rings. The zero-order chi connectivity index (χ0) is 28.6. The van der Waals surface area contributed by atoms with E-state index in [-0.39, 0.29) is 24.8 Å². The first kappa shape index (κ1) is 29.6. The van der Waals surface area contributed by atoms with Crippen LogP contribution in [0.5, 0.6) is 0 Å². The molecule has 2 saturated heterocycles. The lowest BCUT2D eigenvalue weighted by molar-refractivity contribution is -0.124. The number of hydrogen-bond acceptors (Lipinski definition) is 7. The lowest BCUT2D eigenvalue weighted by atomic mass is 10.1. The van der Waals surface area contributed by atoms with Crippen molar-refractivity contribution in [3.8, 4) is 0 Å². The van der Waals surface area contributed by atoms with Gasteiger partial charge < -0.3 is 24.8 Å². The molecule has 2 aliphatic rings. The second kappa shape index (κ2) is 13.8. The molecule has 1 N–H and O–H groups in total. The van der Waals surface area contributed by atoms with Crippen molar-refractivity contribution < 1.29 is 23.5 Å². The third kappa shape index (κ3) is 7.21. The van der Waals surface area contributed by atoms with Crippen molar-refractivity contribution in [2.24, 2.45) is 0 Å². The highest BCUT2D eigenvalue weighted by Gasteiger charge is 2.44. The minimum atomic E-state index is -0.783. The smallest absolute Gasteiger partial charge is 0.338 e. The Balaban J connectivity index is 1.47. The van der Waals surface area contributed by atoms with Crippen molar-refractivity contribution in [3.05, 3.63) is 59.9 Å². The Hall–Kier alpha value is -3.41. The van der Waals surface area contributed by atoms with Crippen LogP contribution in [0.25, 0.3) is 0 Å². The molecule has 0 saturated carbocycles. The van der Waals surface area contributed by atoms with Gasteiger partial charge in [-0.2, -0.15) is 0 Å². The van der Waals surface area contributed by atoms with Gasteiger partial charge in [-0.25, -0.2) is 9.18 Å². The van der Waals surface area contributed by atoms with Gasteiger partial charge in [0, 0.05) is 38.4 Å². The summed E-state index contributed by atoms with van der Waals surface area (Å²) in [6.45, 7) is 10.7. The van der Waals surface area contributed by atoms with Crippen LogP contribution in [0.2, 0.25) is 0 Å². The highest BCUT2D eigenvalue weighted by Crippen LogP contribution is 2.28. The van der Waals surface area contributed by atoms with Crippen molar-refractivity contribution in [2.75, 3.05) is 62.6 Å². The van der Waals surface area contributed by atoms with Crippen molar-refractivity contribution in [1.29, 1.82) is 0 Å². The number of nitrogens with zero attached hydrogens (tertiary/aromatic N) is 4. The van der Waals surface area contributed by atoms with E-state index in [0.29, 0.717) is 28.6 Å². The Bertz CT molecular complexity index is 1200. The Morgan fingerprint density at radius 2 is 1.62 bits per heavy atom. The van der Waals surface area contributed by atoms with Crippen molar-refractivity contribution in [2.45, 2.75) is 32.7 Å². The number of amides is 2. The fraction of sp³-hybridized carbons (Fsp3) is 0.448. The first-order chi connectivity index (χ1) is 19.3. The number of carbonyl (C=O) groups excluding carboxylic acids is 3. The number of rotatable bonds is 11. The number of piperazine rings is 1. The number of hydrogen-bond donors (Lipinski definition) is 1. The Kier molecular flexibility index (Phi) is 10.2. The summed E-state index contributed by atoms with van der Waals surface area (Å²) < 4.78 is 18.3. The third-order valence-corrected chi connectivity index (χ3v) is 7.66. The number of halogens is 1. The summed E-state index contributed by atoms with van der Waals surface area (Å²) >= 11 is 5.77. The molecule has 2 aromatic rings. The molecule has 4 rings (SSSR count). The van der Waals surface area contributed by atoms with Crippen LogP contribution in [0.15, 0.2) is 48.5 Å². The van der Waals surface area contributed by atoms with Crippen LogP contribution in [0.3, 0.4) is 0 Å². The molecule has 0 spiro atoms. The van der Waals surface area contributed by atoms with Gasteiger partial charge in [0.2, 0.25) is 5.91 Å². The van der Waals surface area contributed by atoms with E-state index in [4.69, 9.17) is 17.0 Å². The molecule has 40 heavy (non-hydrogen) atoms. The average Bonchev–Trinajstić information content (AvgIpc) is 3.18. The highest BCUT2D eigenvalue weighted by atomic mass is 32.1. The maximum Gasteiger partial charge on any atom is 0.338 e. The predicted octanol–water partition coefficient (Wildman–Crippen LogP) is 3.36. The van der Waals surface area contributed by atoms with Gasteiger partial charge in [0.05, 0.1) is 24.3 Å². The molecule has 0 bridgehead atoms. The second-order valence-corrected chi connectivity index (χ2v) is 10.2. The molecule has 2 aliphatic heterocycles. The Morgan fingerprint density at radius 1 is 0.975 bits per heavy atom. The molecule has 0 aromatic heterocycles. The molecule has 1 atom stereocenters. The SMILES string of the molecule is CCOC(=O)c1ccc(N2C(=O)C(CC(=O)Nc3ccc(F)cc3)N(CCCN3CCN(CC)CC3)C2=S)cc1. The molecule has 0 aliphatic carbocycles. The van der Waals surface area contributed by atoms with Crippen molar-refractivity contribution in [1.82, 2.24) is 14.7 Å². The van der Waals surface area contributed by atoms with Gasteiger partial charge in [0.25, 0.3) is 5.91 Å². The average molecular weight is 570 g/mol. The summed E-state index contributed by atoms with van der Waals surface area (Å²) in [4.78, 5) is 46.8. The molecular weight excluding hydrogens is 533 g/mol. The summed E-state index contributed by atoms with van der Waals surface area (Å²) in [6.07, 6.45) is 0.675. The standard InChI is InChI=1S/C29H36FN5O4S/c1-3-32-16-18-33(19-17-32)14-5-15-34-25(20-26(36)31-23-10-8-22(30)9-11-23)27(37)35(29(34)40)24-12-6-21(7-13-24)28(38)39-4-2/h6-13,25H,3-5,14-20H2,1-2H3,(H,31,36). The van der Waals surface area contributed by atoms with Crippen LogP contribution in [0.1, 0.15) is 37.0 Å². The van der Waals surface area contributed by atoms with Gasteiger partial charge in [-0.05, 0) is 87.2 Å². The number of esters is 1. The lowest BCUT2D eigenvalue weighted by Gasteiger charge is -2.34. The number of anilines is 2. The molecule has 214 valence electrons. The minimum absolute atomic E-state index is 0.108. The zero-order valence-corrected chi connectivity index (χ0v) is 23.8. The molecule has 1 unspecified atom stereocenters. The second-order valence-electron chi connectivity index (χ2n) is 9.82. The molecule has 0 radical (unpaired) electrons. The predicted molar refractivity (Wildman–Crippen MR) is 156 cm³/mol. The highest BCUT2D eigenvalue weighted by molar-refractivity contribution is 7.80. The van der Waals surface area contributed by atoms with Gasteiger partial charge >= 0.3 is 5.97 Å². The van der Waals surface area contributed by atoms with Gasteiger partial charge in [0.1, 0.15) is 11.9 Å². The van der Waals surface area contributed by atoms with Crippen LogP contribution >= 0.6 is 12.2 Å². The summed E-state index contributed by atoms with van der Waals surface area (Å²) in [5.41, 5.74) is 1.34. The van der Waals surface area contributed by atoms with Crippen LogP contribution in [0.4, 0.5) is 15.8 Å². The number of ether oxygens (including phenoxy) is 1. The fourth-order valence-electron chi connectivity index (χ4n) is 5.00. The van der Waals surface area contributed by atoms with Gasteiger partial charge in [-0.3, -0.25) is 14.5 Å². The van der Waals surface area contributed by atoms with Crippen molar-refractivity contribution in [3.63, 3.8) is 0 Å². The summed E-state index contributed by atoms with van der Waals surface area (Å²) in [7, 11) is 0. The van der Waals surface area contributed by atoms with E-state index in [2.05, 4.69) is 22.0 Å². The summed E-state index contributed by atoms with van der Waals surface area (Å²) in [5, 5.41) is 3.07. The molecule has 2 amide bonds. The summed E-state index contributed by atoms with van der Waals surface area (Å²) in [6, 6.07) is 11.2. The normalized spacial score (nSPS) is 18.3. The Labute approximate surface area is 239 Å². The fourth-order valence-corrected chi connectivity index (χ4v) is 5.41. The molecular formula is C29H36FN5O4S. The first-order valence-corrected chi connectivity index (χ1v) is 14.1.